The molecule has 0 atom stereocenters. The van der Waals surface area contributed by atoms with Crippen molar-refractivity contribution in [3.05, 3.63) is 77.3 Å². The molecule has 1 amide bonds. The fraction of sp³-hybridized carbons (Fsp3) is 0.105. The molecule has 23 heavy (non-hydrogen) atoms. The van der Waals surface area contributed by atoms with Crippen molar-refractivity contribution < 1.29 is 4.79 Å². The average molecular weight is 325 g/mol. The highest BCUT2D eigenvalue weighted by Crippen LogP contribution is 2.18. The molecule has 0 aliphatic heterocycles. The Morgan fingerprint density at radius 1 is 0.913 bits per heavy atom. The molecule has 0 saturated heterocycles. The van der Waals surface area contributed by atoms with Gasteiger partial charge in [-0.3, -0.25) is 4.79 Å². The van der Waals surface area contributed by atoms with E-state index in [1.807, 2.05) is 54.6 Å². The summed E-state index contributed by atoms with van der Waals surface area (Å²) in [4.78, 5) is 11.9. The van der Waals surface area contributed by atoms with Gasteiger partial charge in [-0.05, 0) is 34.5 Å². The zero-order valence-electron chi connectivity index (χ0n) is 12.6. The fourth-order valence-electron chi connectivity index (χ4n) is 2.38. The van der Waals surface area contributed by atoms with E-state index in [1.54, 1.807) is 0 Å². The van der Waals surface area contributed by atoms with Crippen molar-refractivity contribution in [2.24, 2.45) is 0 Å². The maximum absolute atomic E-state index is 11.9. The average Bonchev–Trinajstić information content (AvgIpc) is 2.59. The van der Waals surface area contributed by atoms with Crippen LogP contribution in [0.2, 0.25) is 5.02 Å². The van der Waals surface area contributed by atoms with E-state index < -0.39 is 0 Å². The van der Waals surface area contributed by atoms with Gasteiger partial charge in [0.2, 0.25) is 5.91 Å². The number of amides is 1. The van der Waals surface area contributed by atoms with Gasteiger partial charge in [0.15, 0.2) is 0 Å². The van der Waals surface area contributed by atoms with Gasteiger partial charge in [0.1, 0.15) is 0 Å². The Kier molecular flexibility index (Phi) is 4.79. The standard InChI is InChI=1S/C19H17ClN2O/c20-18-8-4-3-7-16(18)12-22-19(23)13-21-17-10-9-14-5-1-2-6-15(14)11-17/h1-11,21H,12-13H2,(H,22,23). The van der Waals surface area contributed by atoms with E-state index in [1.165, 1.54) is 5.39 Å². The van der Waals surface area contributed by atoms with Gasteiger partial charge in [0.05, 0.1) is 6.54 Å². The molecule has 3 aromatic rings. The summed E-state index contributed by atoms with van der Waals surface area (Å²) >= 11 is 6.07. The second-order valence-corrected chi connectivity index (χ2v) is 5.69. The number of carbonyl (C=O) groups excluding carboxylic acids is 1. The summed E-state index contributed by atoms with van der Waals surface area (Å²) in [6.45, 7) is 0.653. The lowest BCUT2D eigenvalue weighted by Crippen LogP contribution is -2.29. The van der Waals surface area contributed by atoms with Crippen molar-refractivity contribution in [1.82, 2.24) is 5.32 Å². The van der Waals surface area contributed by atoms with Crippen LogP contribution in [0, 0.1) is 0 Å². The van der Waals surface area contributed by atoms with Crippen molar-refractivity contribution in [1.29, 1.82) is 0 Å². The van der Waals surface area contributed by atoms with Gasteiger partial charge in [0, 0.05) is 17.3 Å². The molecule has 2 N–H and O–H groups in total. The molecule has 0 radical (unpaired) electrons. The highest BCUT2D eigenvalue weighted by Gasteiger charge is 2.04. The Bertz CT molecular complexity index is 832. The van der Waals surface area contributed by atoms with Crippen LogP contribution in [0.3, 0.4) is 0 Å². The van der Waals surface area contributed by atoms with E-state index in [4.69, 9.17) is 11.6 Å². The smallest absolute Gasteiger partial charge is 0.239 e. The molecule has 0 heterocycles. The van der Waals surface area contributed by atoms with Crippen LogP contribution in [0.5, 0.6) is 0 Å². The van der Waals surface area contributed by atoms with E-state index in [0.717, 1.165) is 16.6 Å². The van der Waals surface area contributed by atoms with Gasteiger partial charge in [-0.2, -0.15) is 0 Å². The Morgan fingerprint density at radius 3 is 2.48 bits per heavy atom. The van der Waals surface area contributed by atoms with E-state index in [9.17, 15) is 4.79 Å². The van der Waals surface area contributed by atoms with Crippen LogP contribution in [0.25, 0.3) is 10.8 Å². The number of fused-ring (bicyclic) bond motifs is 1. The molecule has 0 aliphatic carbocycles. The van der Waals surface area contributed by atoms with Gasteiger partial charge in [-0.15, -0.1) is 0 Å². The maximum atomic E-state index is 11.9. The Morgan fingerprint density at radius 2 is 1.65 bits per heavy atom. The highest BCUT2D eigenvalue weighted by molar-refractivity contribution is 6.31. The number of hydrogen-bond donors (Lipinski definition) is 2. The molecular formula is C19H17ClN2O. The van der Waals surface area contributed by atoms with Gasteiger partial charge >= 0.3 is 0 Å². The topological polar surface area (TPSA) is 41.1 Å². The first-order valence-corrected chi connectivity index (χ1v) is 7.83. The minimum atomic E-state index is -0.0712. The van der Waals surface area contributed by atoms with E-state index in [-0.39, 0.29) is 12.5 Å². The molecule has 3 rings (SSSR count). The first kappa shape index (κ1) is 15.4. The first-order chi connectivity index (χ1) is 11.2. The molecule has 0 aromatic heterocycles. The molecule has 0 spiro atoms. The summed E-state index contributed by atoms with van der Waals surface area (Å²) in [7, 11) is 0. The lowest BCUT2D eigenvalue weighted by molar-refractivity contribution is -0.119. The van der Waals surface area contributed by atoms with Gasteiger partial charge in [-0.1, -0.05) is 60.1 Å². The molecule has 0 aliphatic rings. The molecule has 3 aromatic carbocycles. The summed E-state index contributed by atoms with van der Waals surface area (Å²) in [5.41, 5.74) is 1.84. The van der Waals surface area contributed by atoms with E-state index in [0.29, 0.717) is 11.6 Å². The van der Waals surface area contributed by atoms with Crippen molar-refractivity contribution in [2.45, 2.75) is 6.54 Å². The van der Waals surface area contributed by atoms with Gasteiger partial charge < -0.3 is 10.6 Å². The molecule has 0 saturated carbocycles. The largest absolute Gasteiger partial charge is 0.376 e. The fourth-order valence-corrected chi connectivity index (χ4v) is 2.58. The molecule has 0 fully saturated rings. The summed E-state index contributed by atoms with van der Waals surface area (Å²) in [6, 6.07) is 21.7. The number of benzene rings is 3. The third kappa shape index (κ3) is 4.02. The number of rotatable bonds is 5. The zero-order chi connectivity index (χ0) is 16.1. The predicted molar refractivity (Wildman–Crippen MR) is 95.7 cm³/mol. The molecule has 0 unspecified atom stereocenters. The van der Waals surface area contributed by atoms with Crippen molar-refractivity contribution in [2.75, 3.05) is 11.9 Å². The SMILES string of the molecule is O=C(CNc1ccc2ccccc2c1)NCc1ccccc1Cl. The molecule has 0 bridgehead atoms. The van der Waals surface area contributed by atoms with E-state index in [2.05, 4.69) is 22.8 Å². The Balaban J connectivity index is 1.54. The summed E-state index contributed by atoms with van der Waals surface area (Å²) in [5, 5.41) is 8.99. The molecular weight excluding hydrogens is 308 g/mol. The minimum Gasteiger partial charge on any atom is -0.376 e. The number of hydrogen-bond acceptors (Lipinski definition) is 2. The lowest BCUT2D eigenvalue weighted by atomic mass is 10.1. The monoisotopic (exact) mass is 324 g/mol. The zero-order valence-corrected chi connectivity index (χ0v) is 13.3. The highest BCUT2D eigenvalue weighted by atomic mass is 35.5. The van der Waals surface area contributed by atoms with Crippen LogP contribution in [0.4, 0.5) is 5.69 Å². The van der Waals surface area contributed by atoms with E-state index >= 15 is 0 Å². The van der Waals surface area contributed by atoms with Crippen molar-refractivity contribution in [3.63, 3.8) is 0 Å². The third-order valence-electron chi connectivity index (χ3n) is 3.64. The van der Waals surface area contributed by atoms with Gasteiger partial charge in [0.25, 0.3) is 0 Å². The predicted octanol–water partition coefficient (Wildman–Crippen LogP) is 4.22. The summed E-state index contributed by atoms with van der Waals surface area (Å²) < 4.78 is 0. The number of halogens is 1. The van der Waals surface area contributed by atoms with Crippen LogP contribution in [0.15, 0.2) is 66.7 Å². The molecule has 3 nitrogen and oxygen atoms in total. The maximum Gasteiger partial charge on any atom is 0.239 e. The summed E-state index contributed by atoms with van der Waals surface area (Å²) in [6.07, 6.45) is 0. The van der Waals surface area contributed by atoms with Crippen molar-refractivity contribution in [3.8, 4) is 0 Å². The normalized spacial score (nSPS) is 10.5. The van der Waals surface area contributed by atoms with Crippen LogP contribution in [-0.2, 0) is 11.3 Å². The molecule has 4 heteroatoms. The van der Waals surface area contributed by atoms with Crippen LogP contribution >= 0.6 is 11.6 Å². The number of anilines is 1. The van der Waals surface area contributed by atoms with Crippen LogP contribution < -0.4 is 10.6 Å². The van der Waals surface area contributed by atoms with Crippen LogP contribution in [0.1, 0.15) is 5.56 Å². The van der Waals surface area contributed by atoms with Crippen molar-refractivity contribution >= 4 is 34.0 Å². The molecule has 116 valence electrons. The minimum absolute atomic E-state index is 0.0712. The number of carbonyl (C=O) groups is 1. The second-order valence-electron chi connectivity index (χ2n) is 5.28. The van der Waals surface area contributed by atoms with Gasteiger partial charge in [-0.25, -0.2) is 0 Å². The Hall–Kier alpha value is -2.52. The first-order valence-electron chi connectivity index (χ1n) is 7.45. The lowest BCUT2D eigenvalue weighted by Gasteiger charge is -2.09. The summed E-state index contributed by atoms with van der Waals surface area (Å²) in [5.74, 6) is -0.0712. The van der Waals surface area contributed by atoms with Crippen LogP contribution in [-0.4, -0.2) is 12.5 Å². The second kappa shape index (κ2) is 7.16. The Labute approximate surface area is 140 Å². The quantitative estimate of drug-likeness (QED) is 0.737. The number of nitrogens with one attached hydrogen (secondary N) is 2. The third-order valence-corrected chi connectivity index (χ3v) is 4.01.